The van der Waals surface area contributed by atoms with Crippen LogP contribution >= 0.6 is 0 Å². The number of hydrogen-bond donors (Lipinski definition) is 1. The number of nitrogens with two attached hydrogens (primary N) is 1. The molecule has 0 fully saturated rings. The van der Waals surface area contributed by atoms with Crippen molar-refractivity contribution in [3.05, 3.63) is 48.0 Å². The molecule has 78 valence electrons. The molecule has 0 unspecified atom stereocenters. The van der Waals surface area contributed by atoms with Crippen LogP contribution in [0.15, 0.2) is 42.5 Å². The average molecular weight is 201 g/mol. The van der Waals surface area contributed by atoms with Crippen LogP contribution in [0.1, 0.15) is 5.56 Å². The van der Waals surface area contributed by atoms with Crippen LogP contribution in [0, 0.1) is 0 Å². The van der Waals surface area contributed by atoms with Crippen molar-refractivity contribution in [2.75, 3.05) is 13.3 Å². The number of fused-ring (bicyclic) bond motifs is 1. The second kappa shape index (κ2) is 4.91. The van der Waals surface area contributed by atoms with Gasteiger partial charge >= 0.3 is 0 Å². The highest BCUT2D eigenvalue weighted by molar-refractivity contribution is 5.82. The second-order valence-corrected chi connectivity index (χ2v) is 3.51. The fraction of sp³-hybridized carbons (Fsp3) is 0.231. The Bertz CT molecular complexity index is 439. The lowest BCUT2D eigenvalue weighted by molar-refractivity contribution is 0.144. The van der Waals surface area contributed by atoms with Crippen molar-refractivity contribution in [2.24, 2.45) is 5.73 Å². The van der Waals surface area contributed by atoms with Gasteiger partial charge in [-0.2, -0.15) is 0 Å². The first-order valence-electron chi connectivity index (χ1n) is 5.15. The van der Waals surface area contributed by atoms with E-state index in [0.29, 0.717) is 13.3 Å². The van der Waals surface area contributed by atoms with E-state index < -0.39 is 0 Å². The molecule has 0 aliphatic heterocycles. The summed E-state index contributed by atoms with van der Waals surface area (Å²) in [5.41, 5.74) is 6.55. The number of benzene rings is 2. The molecule has 2 nitrogen and oxygen atoms in total. The molecule has 0 radical (unpaired) electrons. The summed E-state index contributed by atoms with van der Waals surface area (Å²) in [5, 5.41) is 2.56. The van der Waals surface area contributed by atoms with Gasteiger partial charge in [0.1, 0.15) is 0 Å². The van der Waals surface area contributed by atoms with Gasteiger partial charge in [-0.3, -0.25) is 0 Å². The molecule has 2 rings (SSSR count). The van der Waals surface area contributed by atoms with E-state index in [1.54, 1.807) is 0 Å². The third-order valence-electron chi connectivity index (χ3n) is 2.47. The van der Waals surface area contributed by atoms with Gasteiger partial charge in [-0.15, -0.1) is 0 Å². The zero-order valence-electron chi connectivity index (χ0n) is 8.65. The summed E-state index contributed by atoms with van der Waals surface area (Å²) in [6.07, 6.45) is 0.919. The van der Waals surface area contributed by atoms with Gasteiger partial charge in [-0.05, 0) is 22.8 Å². The minimum atomic E-state index is 0.299. The van der Waals surface area contributed by atoms with Crippen LogP contribution in [0.3, 0.4) is 0 Å². The highest BCUT2D eigenvalue weighted by Gasteiger charge is 1.95. The Kier molecular flexibility index (Phi) is 3.33. The third-order valence-corrected chi connectivity index (χ3v) is 2.47. The van der Waals surface area contributed by atoms with Gasteiger partial charge in [0.05, 0.1) is 13.3 Å². The van der Waals surface area contributed by atoms with Crippen molar-refractivity contribution in [3.63, 3.8) is 0 Å². The SMILES string of the molecule is NCOCCc1ccc2ccccc2c1. The predicted octanol–water partition coefficient (Wildman–Crippen LogP) is 2.32. The molecule has 0 amide bonds. The normalized spacial score (nSPS) is 10.7. The molecule has 0 heterocycles. The zero-order valence-corrected chi connectivity index (χ0v) is 8.65. The van der Waals surface area contributed by atoms with Gasteiger partial charge in [0.2, 0.25) is 0 Å². The topological polar surface area (TPSA) is 35.2 Å². The van der Waals surface area contributed by atoms with Crippen LogP contribution in [0.2, 0.25) is 0 Å². The maximum absolute atomic E-state index is 5.26. The Hall–Kier alpha value is -1.38. The molecule has 2 aromatic carbocycles. The van der Waals surface area contributed by atoms with E-state index in [1.165, 1.54) is 16.3 Å². The molecule has 2 aromatic rings. The lowest BCUT2D eigenvalue weighted by Gasteiger charge is -2.03. The zero-order chi connectivity index (χ0) is 10.5. The van der Waals surface area contributed by atoms with Crippen molar-refractivity contribution in [1.29, 1.82) is 0 Å². The van der Waals surface area contributed by atoms with E-state index in [9.17, 15) is 0 Å². The van der Waals surface area contributed by atoms with E-state index in [-0.39, 0.29) is 0 Å². The van der Waals surface area contributed by atoms with Crippen LogP contribution in [-0.2, 0) is 11.2 Å². The molecule has 0 saturated heterocycles. The first kappa shape index (κ1) is 10.1. The summed E-state index contributed by atoms with van der Waals surface area (Å²) in [6.45, 7) is 0.989. The Morgan fingerprint density at radius 3 is 2.60 bits per heavy atom. The first-order chi connectivity index (χ1) is 7.40. The highest BCUT2D eigenvalue weighted by atomic mass is 16.5. The van der Waals surface area contributed by atoms with E-state index in [2.05, 4.69) is 42.5 Å². The number of rotatable bonds is 4. The molecule has 2 N–H and O–H groups in total. The molecular formula is C13H15NO. The van der Waals surface area contributed by atoms with Crippen molar-refractivity contribution in [3.8, 4) is 0 Å². The molecule has 0 spiro atoms. The minimum absolute atomic E-state index is 0.299. The Morgan fingerprint density at radius 1 is 1.00 bits per heavy atom. The predicted molar refractivity (Wildman–Crippen MR) is 62.7 cm³/mol. The quantitative estimate of drug-likeness (QED) is 0.608. The molecule has 0 bridgehead atoms. The maximum Gasteiger partial charge on any atom is 0.0940 e. The van der Waals surface area contributed by atoms with Gasteiger partial charge < -0.3 is 10.5 Å². The van der Waals surface area contributed by atoms with Crippen molar-refractivity contribution >= 4 is 10.8 Å². The van der Waals surface area contributed by atoms with Gasteiger partial charge in [-0.1, -0.05) is 42.5 Å². The minimum Gasteiger partial charge on any atom is -0.366 e. The van der Waals surface area contributed by atoms with Crippen molar-refractivity contribution in [1.82, 2.24) is 0 Å². The van der Waals surface area contributed by atoms with Crippen LogP contribution in [-0.4, -0.2) is 13.3 Å². The Morgan fingerprint density at radius 2 is 1.80 bits per heavy atom. The molecule has 0 aliphatic rings. The van der Waals surface area contributed by atoms with Crippen LogP contribution in [0.5, 0.6) is 0 Å². The molecular weight excluding hydrogens is 186 g/mol. The Balaban J connectivity index is 2.16. The standard InChI is InChI=1S/C13H15NO/c14-10-15-8-7-11-5-6-12-3-1-2-4-13(12)9-11/h1-6,9H,7-8,10,14H2. The Labute approximate surface area is 89.7 Å². The van der Waals surface area contributed by atoms with E-state index in [4.69, 9.17) is 10.5 Å². The lowest BCUT2D eigenvalue weighted by atomic mass is 10.1. The van der Waals surface area contributed by atoms with Gasteiger partial charge in [0.15, 0.2) is 0 Å². The van der Waals surface area contributed by atoms with Crippen molar-refractivity contribution in [2.45, 2.75) is 6.42 Å². The fourth-order valence-corrected chi connectivity index (χ4v) is 1.67. The monoisotopic (exact) mass is 201 g/mol. The third kappa shape index (κ3) is 2.55. The number of hydrogen-bond acceptors (Lipinski definition) is 2. The van der Waals surface area contributed by atoms with Crippen LogP contribution < -0.4 is 5.73 Å². The van der Waals surface area contributed by atoms with E-state index in [0.717, 1.165) is 6.42 Å². The largest absolute Gasteiger partial charge is 0.366 e. The van der Waals surface area contributed by atoms with Crippen molar-refractivity contribution < 1.29 is 4.74 Å². The van der Waals surface area contributed by atoms with Gasteiger partial charge in [0.25, 0.3) is 0 Å². The number of ether oxygens (including phenoxy) is 1. The molecule has 0 saturated carbocycles. The lowest BCUT2D eigenvalue weighted by Crippen LogP contribution is -2.07. The molecule has 15 heavy (non-hydrogen) atoms. The molecule has 2 heteroatoms. The fourth-order valence-electron chi connectivity index (χ4n) is 1.67. The maximum atomic E-state index is 5.26. The average Bonchev–Trinajstić information content (AvgIpc) is 2.29. The smallest absolute Gasteiger partial charge is 0.0940 e. The van der Waals surface area contributed by atoms with Crippen LogP contribution in [0.4, 0.5) is 0 Å². The van der Waals surface area contributed by atoms with Gasteiger partial charge in [0, 0.05) is 0 Å². The summed E-state index contributed by atoms with van der Waals surface area (Å²) in [5.74, 6) is 0. The second-order valence-electron chi connectivity index (χ2n) is 3.51. The van der Waals surface area contributed by atoms with E-state index in [1.807, 2.05) is 0 Å². The summed E-state index contributed by atoms with van der Waals surface area (Å²) in [6, 6.07) is 14.9. The van der Waals surface area contributed by atoms with Crippen LogP contribution in [0.25, 0.3) is 10.8 Å². The summed E-state index contributed by atoms with van der Waals surface area (Å²) in [4.78, 5) is 0. The molecule has 0 aromatic heterocycles. The van der Waals surface area contributed by atoms with E-state index >= 15 is 0 Å². The first-order valence-corrected chi connectivity index (χ1v) is 5.15. The highest BCUT2D eigenvalue weighted by Crippen LogP contribution is 2.15. The summed E-state index contributed by atoms with van der Waals surface area (Å²) in [7, 11) is 0. The molecule has 0 atom stereocenters. The summed E-state index contributed by atoms with van der Waals surface area (Å²) >= 11 is 0. The summed E-state index contributed by atoms with van der Waals surface area (Å²) < 4.78 is 5.13. The van der Waals surface area contributed by atoms with Gasteiger partial charge in [-0.25, -0.2) is 0 Å². The molecule has 0 aliphatic carbocycles.